The molecule has 0 saturated carbocycles. The highest BCUT2D eigenvalue weighted by Gasteiger charge is 2.32. The second kappa shape index (κ2) is 10.2. The number of hydrogen-bond donors (Lipinski definition) is 0. The Morgan fingerprint density at radius 2 is 1.77 bits per heavy atom. The number of hydrogen-bond acceptors (Lipinski definition) is 7. The van der Waals surface area contributed by atoms with E-state index in [4.69, 9.17) is 12.2 Å². The van der Waals surface area contributed by atoms with Gasteiger partial charge >= 0.3 is 0 Å². The fourth-order valence-electron chi connectivity index (χ4n) is 4.55. The molecule has 2 saturated heterocycles. The lowest BCUT2D eigenvalue weighted by Gasteiger charge is -2.39. The maximum absolute atomic E-state index is 14.3. The molecule has 4 rings (SSSR count). The van der Waals surface area contributed by atoms with Crippen molar-refractivity contribution in [1.29, 1.82) is 5.26 Å². The summed E-state index contributed by atoms with van der Waals surface area (Å²) in [6, 6.07) is 8.75. The Hall–Kier alpha value is -3.16. The van der Waals surface area contributed by atoms with Gasteiger partial charge in [-0.05, 0) is 44.5 Å². The van der Waals surface area contributed by atoms with Gasteiger partial charge in [-0.25, -0.2) is 4.39 Å². The highest BCUT2D eigenvalue weighted by molar-refractivity contribution is 8.26. The normalized spacial score (nSPS) is 17.5. The Morgan fingerprint density at radius 1 is 1.11 bits per heavy atom. The second-order valence-corrected chi connectivity index (χ2v) is 9.93. The molecule has 182 valence electrons. The maximum Gasteiger partial charge on any atom is 0.270 e. The molecule has 0 aliphatic carbocycles. The Morgan fingerprint density at radius 3 is 2.34 bits per heavy atom. The minimum absolute atomic E-state index is 0.0674. The number of carbonyl (C=O) groups is 1. The number of para-hydroxylation sites is 1. The number of amides is 1. The number of rotatable bonds is 5. The van der Waals surface area contributed by atoms with Crippen molar-refractivity contribution in [2.45, 2.75) is 27.3 Å². The van der Waals surface area contributed by atoms with Gasteiger partial charge in [-0.3, -0.25) is 19.1 Å². The highest BCUT2D eigenvalue weighted by Crippen LogP contribution is 2.36. The number of carbonyl (C=O) groups excluding carboxylic acids is 1. The Balaban J connectivity index is 1.79. The lowest BCUT2D eigenvalue weighted by atomic mass is 10.0. The summed E-state index contributed by atoms with van der Waals surface area (Å²) in [5.41, 5.74) is 1.48. The zero-order chi connectivity index (χ0) is 25.3. The number of thiocarbonyl (C=S) groups is 1. The van der Waals surface area contributed by atoms with Crippen LogP contribution in [0.4, 0.5) is 15.9 Å². The number of aromatic nitrogens is 1. The first-order valence-corrected chi connectivity index (χ1v) is 12.7. The van der Waals surface area contributed by atoms with Crippen molar-refractivity contribution in [3.05, 3.63) is 62.0 Å². The van der Waals surface area contributed by atoms with E-state index in [9.17, 15) is 19.2 Å². The van der Waals surface area contributed by atoms with Gasteiger partial charge in [0.2, 0.25) is 0 Å². The lowest BCUT2D eigenvalue weighted by Crippen LogP contribution is -2.49. The predicted octanol–water partition coefficient (Wildman–Crippen LogP) is 3.74. The van der Waals surface area contributed by atoms with Crippen molar-refractivity contribution in [3.63, 3.8) is 0 Å². The van der Waals surface area contributed by atoms with Gasteiger partial charge in [-0.2, -0.15) is 5.26 Å². The first-order valence-electron chi connectivity index (χ1n) is 11.5. The minimum Gasteiger partial charge on any atom is -0.366 e. The first-order chi connectivity index (χ1) is 16.8. The van der Waals surface area contributed by atoms with Crippen molar-refractivity contribution in [1.82, 2.24) is 9.47 Å². The average Bonchev–Trinajstić information content (AvgIpc) is 3.13. The van der Waals surface area contributed by atoms with E-state index in [1.54, 1.807) is 29.7 Å². The van der Waals surface area contributed by atoms with Crippen LogP contribution in [-0.2, 0) is 11.3 Å². The van der Waals surface area contributed by atoms with Gasteiger partial charge in [0.15, 0.2) is 0 Å². The number of nitriles is 1. The summed E-state index contributed by atoms with van der Waals surface area (Å²) in [6.45, 7) is 8.54. The summed E-state index contributed by atoms with van der Waals surface area (Å²) >= 11 is 6.59. The van der Waals surface area contributed by atoms with Crippen molar-refractivity contribution in [2.75, 3.05) is 42.5 Å². The van der Waals surface area contributed by atoms with Crippen LogP contribution in [0.5, 0.6) is 0 Å². The number of piperazine rings is 1. The second-order valence-electron chi connectivity index (χ2n) is 8.25. The summed E-state index contributed by atoms with van der Waals surface area (Å²) in [7, 11) is 0. The van der Waals surface area contributed by atoms with Crippen LogP contribution in [0, 0.1) is 24.1 Å². The number of anilines is 2. The van der Waals surface area contributed by atoms with Crippen LogP contribution in [-0.4, -0.2) is 52.4 Å². The molecule has 2 aliphatic rings. The van der Waals surface area contributed by atoms with Gasteiger partial charge in [0.05, 0.1) is 10.6 Å². The molecule has 1 aromatic carbocycles. The third kappa shape index (κ3) is 4.46. The van der Waals surface area contributed by atoms with Crippen molar-refractivity contribution in [2.24, 2.45) is 0 Å². The fraction of sp³-hybridized carbons (Fsp3) is 0.360. The number of pyridine rings is 1. The quantitative estimate of drug-likeness (QED) is 0.447. The zero-order valence-corrected chi connectivity index (χ0v) is 21.5. The summed E-state index contributed by atoms with van der Waals surface area (Å²) in [6.07, 6.45) is 1.76. The average molecular weight is 512 g/mol. The Kier molecular flexibility index (Phi) is 7.28. The van der Waals surface area contributed by atoms with Gasteiger partial charge in [-0.1, -0.05) is 36.1 Å². The van der Waals surface area contributed by atoms with Gasteiger partial charge in [0, 0.05) is 44.8 Å². The molecular formula is C25H26FN5O2S2. The minimum atomic E-state index is -0.350. The largest absolute Gasteiger partial charge is 0.366 e. The molecule has 2 aliphatic heterocycles. The fourth-order valence-corrected chi connectivity index (χ4v) is 5.92. The van der Waals surface area contributed by atoms with Crippen LogP contribution in [0.3, 0.4) is 0 Å². The molecule has 7 nitrogen and oxygen atoms in total. The molecule has 0 N–H and O–H groups in total. The SMILES string of the molecule is CCN1C(=O)C(=Cc2c(C)c(C#N)c(=O)n(CC)c2N2CCN(c3ccccc3F)CC2)SC1=S. The highest BCUT2D eigenvalue weighted by atomic mass is 32.2. The van der Waals surface area contributed by atoms with E-state index in [1.807, 2.05) is 30.9 Å². The molecule has 3 heterocycles. The zero-order valence-electron chi connectivity index (χ0n) is 19.9. The molecule has 35 heavy (non-hydrogen) atoms. The smallest absolute Gasteiger partial charge is 0.270 e. The van der Waals surface area contributed by atoms with Crippen LogP contribution >= 0.6 is 24.0 Å². The number of nitrogens with zero attached hydrogens (tertiary/aromatic N) is 5. The van der Waals surface area contributed by atoms with Gasteiger partial charge < -0.3 is 9.80 Å². The number of halogens is 1. The Bertz CT molecular complexity index is 1320. The summed E-state index contributed by atoms with van der Waals surface area (Å²) < 4.78 is 16.4. The molecule has 0 bridgehead atoms. The standard InChI is InChI=1S/C25H26FN5O2S2/c1-4-30-22(29-12-10-28(11-13-29)20-9-7-6-8-19(20)26)17(16(3)18(15-27)23(30)32)14-21-24(33)31(5-2)25(34)35-21/h6-9,14H,4-5,10-13H2,1-3H3. The number of benzene rings is 1. The van der Waals surface area contributed by atoms with Crippen molar-refractivity contribution >= 4 is 51.8 Å². The van der Waals surface area contributed by atoms with Crippen LogP contribution < -0.4 is 15.4 Å². The van der Waals surface area contributed by atoms with Crippen molar-refractivity contribution in [3.8, 4) is 6.07 Å². The van der Waals surface area contributed by atoms with Crippen LogP contribution in [0.15, 0.2) is 34.0 Å². The van der Waals surface area contributed by atoms with E-state index in [1.165, 1.54) is 22.7 Å². The topological polar surface area (TPSA) is 72.6 Å². The van der Waals surface area contributed by atoms with Crippen LogP contribution in [0.1, 0.15) is 30.5 Å². The van der Waals surface area contributed by atoms with E-state index < -0.39 is 0 Å². The number of likely N-dealkylation sites (N-methyl/N-ethyl adjacent to an activating group) is 1. The lowest BCUT2D eigenvalue weighted by molar-refractivity contribution is -0.121. The van der Waals surface area contributed by atoms with E-state index in [2.05, 4.69) is 4.90 Å². The third-order valence-corrected chi connectivity index (χ3v) is 7.78. The van der Waals surface area contributed by atoms with E-state index in [-0.39, 0.29) is 22.8 Å². The monoisotopic (exact) mass is 511 g/mol. The van der Waals surface area contributed by atoms with Gasteiger partial charge in [0.1, 0.15) is 27.6 Å². The summed E-state index contributed by atoms with van der Waals surface area (Å²) in [5.74, 6) is 0.230. The molecule has 0 spiro atoms. The van der Waals surface area contributed by atoms with Gasteiger partial charge in [-0.15, -0.1) is 0 Å². The third-order valence-electron chi connectivity index (χ3n) is 6.40. The predicted molar refractivity (Wildman–Crippen MR) is 142 cm³/mol. The van der Waals surface area contributed by atoms with E-state index in [0.29, 0.717) is 71.1 Å². The molecule has 1 aromatic heterocycles. The molecule has 1 amide bonds. The molecule has 10 heteroatoms. The first kappa shape index (κ1) is 24.9. The molecule has 2 aromatic rings. The van der Waals surface area contributed by atoms with Crippen LogP contribution in [0.25, 0.3) is 6.08 Å². The molecule has 2 fully saturated rings. The molecule has 0 radical (unpaired) electrons. The van der Waals surface area contributed by atoms with Crippen LogP contribution in [0.2, 0.25) is 0 Å². The van der Waals surface area contributed by atoms with E-state index in [0.717, 1.165) is 0 Å². The molecule has 0 atom stereocenters. The number of thioether (sulfide) groups is 1. The van der Waals surface area contributed by atoms with Gasteiger partial charge in [0.25, 0.3) is 11.5 Å². The maximum atomic E-state index is 14.3. The molecule has 0 unspecified atom stereocenters. The molecular weight excluding hydrogens is 485 g/mol. The van der Waals surface area contributed by atoms with E-state index >= 15 is 0 Å². The summed E-state index contributed by atoms with van der Waals surface area (Å²) in [4.78, 5) is 32.2. The summed E-state index contributed by atoms with van der Waals surface area (Å²) in [5, 5.41) is 9.73. The van der Waals surface area contributed by atoms with Crippen molar-refractivity contribution < 1.29 is 9.18 Å². The Labute approximate surface area is 213 Å².